The molecule has 0 bridgehead atoms. The zero-order valence-corrected chi connectivity index (χ0v) is 21.1. The summed E-state index contributed by atoms with van der Waals surface area (Å²) in [6, 6.07) is 15.9. The number of aromatic nitrogens is 2. The van der Waals surface area contributed by atoms with E-state index < -0.39 is 29.4 Å². The van der Waals surface area contributed by atoms with Crippen LogP contribution in [0.25, 0.3) is 22.3 Å². The molecular weight excluding hydrogens is 555 g/mol. The predicted molar refractivity (Wildman–Crippen MR) is 136 cm³/mol. The molecule has 0 amide bonds. The Morgan fingerprint density at radius 1 is 1.11 bits per heavy atom. The van der Waals surface area contributed by atoms with Crippen LogP contribution in [0, 0.1) is 0 Å². The minimum absolute atomic E-state index is 0.0445. The average molecular weight is 574 g/mol. The third-order valence-electron chi connectivity index (χ3n) is 5.32. The van der Waals surface area contributed by atoms with Gasteiger partial charge in [0.15, 0.2) is 11.9 Å². The highest BCUT2D eigenvalue weighted by Crippen LogP contribution is 2.32. The van der Waals surface area contributed by atoms with Gasteiger partial charge in [0.05, 0.1) is 34.3 Å². The first kappa shape index (κ1) is 26.1. The maximum absolute atomic E-state index is 13.3. The second-order valence-electron chi connectivity index (χ2n) is 7.87. The Labute approximate surface area is 217 Å². The van der Waals surface area contributed by atoms with Gasteiger partial charge in [-0.25, -0.2) is 9.78 Å². The van der Waals surface area contributed by atoms with Gasteiger partial charge >= 0.3 is 12.1 Å². The molecule has 0 N–H and O–H groups in total. The summed E-state index contributed by atoms with van der Waals surface area (Å²) in [6.07, 6.45) is -4.03. The first-order valence-electron chi connectivity index (χ1n) is 10.9. The molecule has 11 heteroatoms. The summed E-state index contributed by atoms with van der Waals surface area (Å²) in [5.74, 6) is -0.205. The number of fused-ring (bicyclic) bond motifs is 1. The van der Waals surface area contributed by atoms with Gasteiger partial charge in [-0.15, -0.1) is 0 Å². The van der Waals surface area contributed by atoms with E-state index in [4.69, 9.17) is 4.74 Å². The zero-order valence-electron chi connectivity index (χ0n) is 19.5. The zero-order chi connectivity index (χ0) is 26.7. The van der Waals surface area contributed by atoms with Crippen LogP contribution in [-0.4, -0.2) is 35.1 Å². The molecule has 0 fully saturated rings. The van der Waals surface area contributed by atoms with E-state index in [9.17, 15) is 22.8 Å². The molecule has 0 spiro atoms. The van der Waals surface area contributed by atoms with Crippen molar-refractivity contribution in [3.05, 3.63) is 92.7 Å². The van der Waals surface area contributed by atoms with Gasteiger partial charge in [0.1, 0.15) is 5.75 Å². The number of methoxy groups -OCH3 is 1. The number of rotatable bonds is 6. The lowest BCUT2D eigenvalue weighted by molar-refractivity contribution is -0.148. The van der Waals surface area contributed by atoms with E-state index in [1.807, 2.05) is 0 Å². The van der Waals surface area contributed by atoms with E-state index in [1.165, 1.54) is 25.5 Å². The first-order valence-corrected chi connectivity index (χ1v) is 11.7. The second kappa shape index (κ2) is 10.6. The van der Waals surface area contributed by atoms with Crippen LogP contribution in [0.2, 0.25) is 0 Å². The van der Waals surface area contributed by atoms with Crippen molar-refractivity contribution >= 4 is 39.0 Å². The Bertz CT molecular complexity index is 1570. The highest BCUT2D eigenvalue weighted by atomic mass is 79.9. The van der Waals surface area contributed by atoms with Crippen molar-refractivity contribution in [2.24, 2.45) is 5.10 Å². The predicted octanol–water partition coefficient (Wildman–Crippen LogP) is 5.67. The standard InChI is InChI=1S/C26H19BrF3N3O4/c1-15(25(35)36-2)37-22-11-10-16(12-20(22)27)14-31-33-23(17-6-5-7-18(13-17)26(28,29)30)32-21-9-4-3-8-19(21)24(33)34/h3-15H,1-2H3/t15-/m1/s1. The van der Waals surface area contributed by atoms with Crippen LogP contribution in [0.15, 0.2) is 81.1 Å². The van der Waals surface area contributed by atoms with E-state index >= 15 is 0 Å². The molecule has 7 nitrogen and oxygen atoms in total. The summed E-state index contributed by atoms with van der Waals surface area (Å²) < 4.78 is 51.7. The van der Waals surface area contributed by atoms with Crippen LogP contribution in [0.1, 0.15) is 18.1 Å². The maximum atomic E-state index is 13.3. The van der Waals surface area contributed by atoms with E-state index in [0.717, 1.165) is 16.8 Å². The van der Waals surface area contributed by atoms with Gasteiger partial charge in [-0.3, -0.25) is 4.79 Å². The lowest BCUT2D eigenvalue weighted by atomic mass is 10.1. The molecule has 0 aliphatic rings. The monoisotopic (exact) mass is 573 g/mol. The van der Waals surface area contributed by atoms with Crippen molar-refractivity contribution in [3.8, 4) is 17.1 Å². The average Bonchev–Trinajstić information content (AvgIpc) is 2.88. The number of para-hydroxylation sites is 1. The van der Waals surface area contributed by atoms with Crippen LogP contribution in [0.4, 0.5) is 13.2 Å². The number of halogens is 4. The maximum Gasteiger partial charge on any atom is 0.416 e. The number of carbonyl (C=O) groups is 1. The van der Waals surface area contributed by atoms with Crippen LogP contribution in [0.5, 0.6) is 5.75 Å². The molecule has 4 aromatic rings. The summed E-state index contributed by atoms with van der Waals surface area (Å²) in [7, 11) is 1.26. The molecule has 37 heavy (non-hydrogen) atoms. The minimum atomic E-state index is -4.57. The number of nitrogens with zero attached hydrogens (tertiary/aromatic N) is 3. The van der Waals surface area contributed by atoms with Gasteiger partial charge in [0, 0.05) is 5.56 Å². The summed E-state index contributed by atoms with van der Waals surface area (Å²) >= 11 is 3.37. The molecule has 0 unspecified atom stereocenters. The topological polar surface area (TPSA) is 82.8 Å². The molecule has 1 aromatic heterocycles. The van der Waals surface area contributed by atoms with E-state index in [1.54, 1.807) is 49.4 Å². The van der Waals surface area contributed by atoms with Crippen molar-refractivity contribution in [3.63, 3.8) is 0 Å². The van der Waals surface area contributed by atoms with Crippen molar-refractivity contribution in [2.75, 3.05) is 7.11 Å². The van der Waals surface area contributed by atoms with Crippen LogP contribution >= 0.6 is 15.9 Å². The smallest absolute Gasteiger partial charge is 0.416 e. The quantitative estimate of drug-likeness (QED) is 0.219. The molecule has 0 radical (unpaired) electrons. The lowest BCUT2D eigenvalue weighted by Crippen LogP contribution is -2.25. The Kier molecular flexibility index (Phi) is 7.44. The Hall–Kier alpha value is -3.99. The highest BCUT2D eigenvalue weighted by molar-refractivity contribution is 9.10. The number of carbonyl (C=O) groups excluding carboxylic acids is 1. The Morgan fingerprint density at radius 3 is 2.57 bits per heavy atom. The Morgan fingerprint density at radius 2 is 1.86 bits per heavy atom. The van der Waals surface area contributed by atoms with Crippen LogP contribution in [-0.2, 0) is 15.7 Å². The molecule has 1 atom stereocenters. The van der Waals surface area contributed by atoms with Crippen molar-refractivity contribution in [2.45, 2.75) is 19.2 Å². The summed E-state index contributed by atoms with van der Waals surface area (Å²) in [4.78, 5) is 29.3. The normalized spacial score (nSPS) is 12.6. The van der Waals surface area contributed by atoms with Gasteiger partial charge in [-0.1, -0.05) is 24.3 Å². The van der Waals surface area contributed by atoms with E-state index in [0.29, 0.717) is 21.3 Å². The number of hydrogen-bond donors (Lipinski definition) is 0. The van der Waals surface area contributed by atoms with Crippen LogP contribution in [0.3, 0.4) is 0 Å². The van der Waals surface area contributed by atoms with Gasteiger partial charge in [-0.05, 0) is 70.9 Å². The molecule has 4 rings (SSSR count). The summed E-state index contributed by atoms with van der Waals surface area (Å²) in [5, 5.41) is 4.53. The Balaban J connectivity index is 1.77. The molecule has 0 aliphatic carbocycles. The van der Waals surface area contributed by atoms with Crippen LogP contribution < -0.4 is 10.3 Å². The summed E-state index contributed by atoms with van der Waals surface area (Å²) in [6.45, 7) is 1.54. The minimum Gasteiger partial charge on any atom is -0.478 e. The van der Waals surface area contributed by atoms with Gasteiger partial charge in [-0.2, -0.15) is 22.9 Å². The lowest BCUT2D eigenvalue weighted by Gasteiger charge is -2.14. The van der Waals surface area contributed by atoms with Gasteiger partial charge in [0.2, 0.25) is 0 Å². The fourth-order valence-electron chi connectivity index (χ4n) is 3.47. The number of esters is 1. The van der Waals surface area contributed by atoms with Gasteiger partial charge < -0.3 is 9.47 Å². The number of alkyl halides is 3. The van der Waals surface area contributed by atoms with Crippen molar-refractivity contribution in [1.29, 1.82) is 0 Å². The fourth-order valence-corrected chi connectivity index (χ4v) is 3.96. The molecule has 1 heterocycles. The molecule has 0 saturated carbocycles. The van der Waals surface area contributed by atoms with Crippen molar-refractivity contribution < 1.29 is 27.4 Å². The number of hydrogen-bond acceptors (Lipinski definition) is 6. The molecule has 190 valence electrons. The van der Waals surface area contributed by atoms with Gasteiger partial charge in [0.25, 0.3) is 5.56 Å². The van der Waals surface area contributed by atoms with E-state index in [2.05, 4.69) is 30.8 Å². The SMILES string of the molecule is COC(=O)[C@@H](C)Oc1ccc(C=Nn2c(-c3cccc(C(F)(F)F)c3)nc3ccccc3c2=O)cc1Br. The first-order chi connectivity index (χ1) is 17.6. The molecule has 0 saturated heterocycles. The third-order valence-corrected chi connectivity index (χ3v) is 5.94. The molecule has 0 aliphatic heterocycles. The number of benzene rings is 3. The van der Waals surface area contributed by atoms with Crippen molar-refractivity contribution in [1.82, 2.24) is 9.66 Å². The second-order valence-corrected chi connectivity index (χ2v) is 8.72. The molecular formula is C26H19BrF3N3O4. The summed E-state index contributed by atoms with van der Waals surface area (Å²) in [5.41, 5.74) is -0.462. The largest absolute Gasteiger partial charge is 0.478 e. The highest BCUT2D eigenvalue weighted by Gasteiger charge is 2.31. The van der Waals surface area contributed by atoms with E-state index in [-0.39, 0.29) is 16.8 Å². The third kappa shape index (κ3) is 5.72. The number of ether oxygens (including phenoxy) is 2. The molecule has 3 aromatic carbocycles. The fraction of sp³-hybridized carbons (Fsp3) is 0.154.